The fourth-order valence-corrected chi connectivity index (χ4v) is 4.37. The molecule has 2 aliphatic heterocycles. The second-order valence-electron chi connectivity index (χ2n) is 7.24. The zero-order chi connectivity index (χ0) is 15.8. The number of fused-ring (bicyclic) bond motifs is 2. The first-order valence-corrected chi connectivity index (χ1v) is 9.18. The van der Waals surface area contributed by atoms with Gasteiger partial charge in [-0.1, -0.05) is 19.1 Å². The quantitative estimate of drug-likeness (QED) is 0.867. The van der Waals surface area contributed by atoms with Gasteiger partial charge in [-0.25, -0.2) is 4.98 Å². The van der Waals surface area contributed by atoms with E-state index in [2.05, 4.69) is 52.5 Å². The predicted molar refractivity (Wildman–Crippen MR) is 94.5 cm³/mol. The Hall–Kier alpha value is -1.39. The summed E-state index contributed by atoms with van der Waals surface area (Å²) in [4.78, 5) is 10.3. The van der Waals surface area contributed by atoms with Gasteiger partial charge in [-0.15, -0.1) is 0 Å². The molecule has 1 aromatic heterocycles. The van der Waals surface area contributed by atoms with Gasteiger partial charge < -0.3 is 4.57 Å². The summed E-state index contributed by atoms with van der Waals surface area (Å²) in [5.74, 6) is 1.24. The van der Waals surface area contributed by atoms with Gasteiger partial charge in [0, 0.05) is 31.7 Å². The number of imidazole rings is 1. The smallest absolute Gasteiger partial charge is 0.124 e. The molecule has 4 nitrogen and oxygen atoms in total. The van der Waals surface area contributed by atoms with E-state index >= 15 is 0 Å². The Kier molecular flexibility index (Phi) is 4.12. The van der Waals surface area contributed by atoms with E-state index in [1.807, 2.05) is 0 Å². The van der Waals surface area contributed by atoms with Crippen LogP contribution in [0.15, 0.2) is 24.3 Å². The van der Waals surface area contributed by atoms with Crippen molar-refractivity contribution in [1.29, 1.82) is 0 Å². The van der Waals surface area contributed by atoms with Crippen LogP contribution in [0.25, 0.3) is 11.0 Å². The Morgan fingerprint density at radius 1 is 1.22 bits per heavy atom. The highest BCUT2D eigenvalue weighted by Gasteiger charge is 2.34. The summed E-state index contributed by atoms with van der Waals surface area (Å²) in [5.41, 5.74) is 2.43. The van der Waals surface area contributed by atoms with Gasteiger partial charge in [-0.2, -0.15) is 0 Å². The van der Waals surface area contributed by atoms with Gasteiger partial charge in [-0.3, -0.25) is 9.80 Å². The summed E-state index contributed by atoms with van der Waals surface area (Å²) in [6.45, 7) is 10.4. The van der Waals surface area contributed by atoms with Crippen LogP contribution in [0, 0.1) is 0 Å². The number of aryl methyl sites for hydroxylation is 1. The number of piperazine rings is 1. The molecule has 0 radical (unpaired) electrons. The van der Waals surface area contributed by atoms with Crippen molar-refractivity contribution < 1.29 is 0 Å². The molecule has 0 unspecified atom stereocenters. The molecule has 0 N–H and O–H groups in total. The van der Waals surface area contributed by atoms with Crippen molar-refractivity contribution in [3.05, 3.63) is 30.1 Å². The molecule has 4 heteroatoms. The molecule has 0 bridgehead atoms. The zero-order valence-corrected chi connectivity index (χ0v) is 14.4. The average molecular weight is 312 g/mol. The first kappa shape index (κ1) is 15.2. The highest BCUT2D eigenvalue weighted by molar-refractivity contribution is 5.75. The number of aromatic nitrogens is 2. The molecule has 2 aromatic rings. The average Bonchev–Trinajstić information content (AvgIpc) is 3.13. The molecule has 4 rings (SSSR count). The first-order chi connectivity index (χ1) is 11.3. The van der Waals surface area contributed by atoms with Gasteiger partial charge in [0.15, 0.2) is 0 Å². The molecule has 0 saturated carbocycles. The van der Waals surface area contributed by atoms with E-state index < -0.39 is 0 Å². The Labute approximate surface area is 139 Å². The highest BCUT2D eigenvalue weighted by atomic mass is 15.3. The van der Waals surface area contributed by atoms with Crippen LogP contribution in [0.2, 0.25) is 0 Å². The first-order valence-electron chi connectivity index (χ1n) is 9.18. The normalized spacial score (nSPS) is 26.0. The van der Waals surface area contributed by atoms with Crippen molar-refractivity contribution in [2.24, 2.45) is 0 Å². The third-order valence-corrected chi connectivity index (χ3v) is 5.59. The van der Waals surface area contributed by atoms with Crippen molar-refractivity contribution in [2.45, 2.75) is 58.3 Å². The van der Waals surface area contributed by atoms with E-state index in [1.54, 1.807) is 0 Å². The fraction of sp³-hybridized carbons (Fsp3) is 0.632. The Morgan fingerprint density at radius 3 is 2.96 bits per heavy atom. The van der Waals surface area contributed by atoms with Crippen LogP contribution in [-0.4, -0.2) is 51.1 Å². The van der Waals surface area contributed by atoms with Gasteiger partial charge in [0.2, 0.25) is 0 Å². The fourth-order valence-electron chi connectivity index (χ4n) is 4.37. The summed E-state index contributed by atoms with van der Waals surface area (Å²) >= 11 is 0. The maximum Gasteiger partial charge on any atom is 0.124 e. The van der Waals surface area contributed by atoms with Crippen LogP contribution in [-0.2, 0) is 13.1 Å². The molecule has 2 aliphatic rings. The maximum atomic E-state index is 4.95. The van der Waals surface area contributed by atoms with Gasteiger partial charge >= 0.3 is 0 Å². The van der Waals surface area contributed by atoms with E-state index in [9.17, 15) is 0 Å². The van der Waals surface area contributed by atoms with Gasteiger partial charge in [0.05, 0.1) is 17.6 Å². The lowest BCUT2D eigenvalue weighted by Gasteiger charge is -2.42. The van der Waals surface area contributed by atoms with Crippen molar-refractivity contribution in [3.63, 3.8) is 0 Å². The molecule has 124 valence electrons. The summed E-state index contributed by atoms with van der Waals surface area (Å²) in [6, 6.07) is 9.97. The maximum absolute atomic E-state index is 4.95. The van der Waals surface area contributed by atoms with E-state index in [0.717, 1.165) is 31.1 Å². The molecule has 2 fully saturated rings. The molecule has 0 aliphatic carbocycles. The minimum atomic E-state index is 0.624. The standard InChI is InChI=1S/C19H28N4/c1-3-10-23-18-9-5-4-8-17(18)20-19(23)14-22-13-16-7-6-11-21(16)12-15(22)2/h4-5,8-9,15-16H,3,6-7,10-14H2,1-2H3/t15-,16+/m0/s1. The van der Waals surface area contributed by atoms with Gasteiger partial charge in [-0.05, 0) is 44.9 Å². The molecule has 3 heterocycles. The summed E-state index contributed by atoms with van der Waals surface area (Å²) in [6.07, 6.45) is 3.90. The number of para-hydroxylation sites is 2. The van der Waals surface area contributed by atoms with E-state index in [4.69, 9.17) is 4.98 Å². The molecular formula is C19H28N4. The monoisotopic (exact) mass is 312 g/mol. The third-order valence-electron chi connectivity index (χ3n) is 5.59. The Morgan fingerprint density at radius 2 is 2.09 bits per heavy atom. The summed E-state index contributed by atoms with van der Waals surface area (Å²) in [7, 11) is 0. The SMILES string of the molecule is CCCn1c(CN2C[C@H]3CCCN3C[C@@H]2C)nc2ccccc21. The third kappa shape index (κ3) is 2.79. The van der Waals surface area contributed by atoms with E-state index in [1.165, 1.54) is 43.8 Å². The lowest BCUT2D eigenvalue weighted by molar-refractivity contribution is 0.0516. The van der Waals surface area contributed by atoms with Crippen molar-refractivity contribution in [3.8, 4) is 0 Å². The predicted octanol–water partition coefficient (Wildman–Crippen LogP) is 3.11. The molecule has 2 atom stereocenters. The highest BCUT2D eigenvalue weighted by Crippen LogP contribution is 2.26. The Balaban J connectivity index is 1.60. The van der Waals surface area contributed by atoms with Crippen LogP contribution >= 0.6 is 0 Å². The molecular weight excluding hydrogens is 284 g/mol. The van der Waals surface area contributed by atoms with E-state index in [-0.39, 0.29) is 0 Å². The topological polar surface area (TPSA) is 24.3 Å². The number of hydrogen-bond donors (Lipinski definition) is 0. The number of benzene rings is 1. The van der Waals surface area contributed by atoms with Crippen LogP contribution in [0.4, 0.5) is 0 Å². The zero-order valence-electron chi connectivity index (χ0n) is 14.4. The second-order valence-corrected chi connectivity index (χ2v) is 7.24. The lowest BCUT2D eigenvalue weighted by atomic mass is 10.1. The number of rotatable bonds is 4. The molecule has 0 spiro atoms. The Bertz CT molecular complexity index is 677. The number of nitrogens with zero attached hydrogens (tertiary/aromatic N) is 4. The van der Waals surface area contributed by atoms with Gasteiger partial charge in [0.1, 0.15) is 5.82 Å². The lowest BCUT2D eigenvalue weighted by Crippen LogP contribution is -2.54. The van der Waals surface area contributed by atoms with Crippen LogP contribution in [0.1, 0.15) is 38.9 Å². The summed E-state index contributed by atoms with van der Waals surface area (Å²) < 4.78 is 2.43. The van der Waals surface area contributed by atoms with E-state index in [0.29, 0.717) is 6.04 Å². The van der Waals surface area contributed by atoms with Crippen molar-refractivity contribution in [2.75, 3.05) is 19.6 Å². The minimum Gasteiger partial charge on any atom is -0.327 e. The van der Waals surface area contributed by atoms with Gasteiger partial charge in [0.25, 0.3) is 0 Å². The van der Waals surface area contributed by atoms with Crippen molar-refractivity contribution >= 4 is 11.0 Å². The summed E-state index contributed by atoms with van der Waals surface area (Å²) in [5, 5.41) is 0. The van der Waals surface area contributed by atoms with Crippen LogP contribution in [0.3, 0.4) is 0 Å². The largest absolute Gasteiger partial charge is 0.327 e. The van der Waals surface area contributed by atoms with Crippen LogP contribution < -0.4 is 0 Å². The molecule has 23 heavy (non-hydrogen) atoms. The molecule has 2 saturated heterocycles. The molecule has 1 aromatic carbocycles. The van der Waals surface area contributed by atoms with Crippen LogP contribution in [0.5, 0.6) is 0 Å². The molecule has 0 amide bonds. The minimum absolute atomic E-state index is 0.624. The second kappa shape index (κ2) is 6.25. The van der Waals surface area contributed by atoms with Crippen molar-refractivity contribution in [1.82, 2.24) is 19.4 Å². The number of hydrogen-bond acceptors (Lipinski definition) is 3.